The van der Waals surface area contributed by atoms with E-state index in [4.69, 9.17) is 4.74 Å². The SMILES string of the molecule is CCN(CC)c1ccc(NC(=O)NCOc2ccc(C)cc2C)c(C)c1.[Cl-]. The van der Waals surface area contributed by atoms with E-state index in [0.29, 0.717) is 0 Å². The van der Waals surface area contributed by atoms with Gasteiger partial charge < -0.3 is 32.7 Å². The van der Waals surface area contributed by atoms with Gasteiger partial charge in [-0.3, -0.25) is 0 Å². The fourth-order valence-electron chi connectivity index (χ4n) is 2.88. The minimum atomic E-state index is -0.284. The molecule has 2 aromatic rings. The third kappa shape index (κ3) is 6.36. The number of aryl methyl sites for hydroxylation is 3. The van der Waals surface area contributed by atoms with Gasteiger partial charge in [-0.15, -0.1) is 0 Å². The van der Waals surface area contributed by atoms with Crippen molar-refractivity contribution < 1.29 is 21.9 Å². The first-order chi connectivity index (χ1) is 12.4. The highest BCUT2D eigenvalue weighted by Gasteiger charge is 2.08. The van der Waals surface area contributed by atoms with Crippen LogP contribution in [-0.2, 0) is 0 Å². The van der Waals surface area contributed by atoms with Crippen molar-refractivity contribution in [1.82, 2.24) is 5.32 Å². The first-order valence-electron chi connectivity index (χ1n) is 9.05. The Labute approximate surface area is 168 Å². The number of anilines is 2. The van der Waals surface area contributed by atoms with Crippen LogP contribution < -0.4 is 32.7 Å². The maximum absolute atomic E-state index is 12.1. The second-order valence-corrected chi connectivity index (χ2v) is 6.36. The van der Waals surface area contributed by atoms with E-state index in [1.54, 1.807) is 0 Å². The number of carbonyl (C=O) groups excluding carboxylic acids is 1. The Bertz CT molecular complexity index is 761. The molecule has 2 rings (SSSR count). The van der Waals surface area contributed by atoms with E-state index < -0.39 is 0 Å². The van der Waals surface area contributed by atoms with Crippen LogP contribution in [0.4, 0.5) is 16.2 Å². The van der Waals surface area contributed by atoms with Crippen LogP contribution in [0, 0.1) is 20.8 Å². The van der Waals surface area contributed by atoms with E-state index >= 15 is 0 Å². The summed E-state index contributed by atoms with van der Waals surface area (Å²) in [5, 5.41) is 5.60. The molecular formula is C21H29ClN3O2-. The van der Waals surface area contributed by atoms with Crippen molar-refractivity contribution in [1.29, 1.82) is 0 Å². The number of urea groups is 1. The molecule has 27 heavy (non-hydrogen) atoms. The number of halogens is 1. The number of nitrogens with zero attached hydrogens (tertiary/aromatic N) is 1. The molecule has 0 aliphatic rings. The van der Waals surface area contributed by atoms with Crippen LogP contribution in [0.2, 0.25) is 0 Å². The summed E-state index contributed by atoms with van der Waals surface area (Å²) in [7, 11) is 0. The highest BCUT2D eigenvalue weighted by molar-refractivity contribution is 5.90. The van der Waals surface area contributed by atoms with Crippen LogP contribution in [0.3, 0.4) is 0 Å². The maximum atomic E-state index is 12.1. The van der Waals surface area contributed by atoms with Crippen molar-refractivity contribution in [2.75, 3.05) is 30.0 Å². The maximum Gasteiger partial charge on any atom is 0.321 e. The molecule has 2 N–H and O–H groups in total. The largest absolute Gasteiger partial charge is 1.00 e. The number of nitrogens with one attached hydrogen (secondary N) is 2. The molecule has 148 valence electrons. The highest BCUT2D eigenvalue weighted by atomic mass is 35.5. The molecule has 0 aliphatic carbocycles. The zero-order chi connectivity index (χ0) is 19.1. The van der Waals surface area contributed by atoms with Gasteiger partial charge in [0.1, 0.15) is 5.75 Å². The van der Waals surface area contributed by atoms with Gasteiger partial charge >= 0.3 is 6.03 Å². The molecular weight excluding hydrogens is 362 g/mol. The van der Waals surface area contributed by atoms with Crippen molar-refractivity contribution in [2.24, 2.45) is 0 Å². The molecule has 0 spiro atoms. The second-order valence-electron chi connectivity index (χ2n) is 6.36. The number of benzene rings is 2. The average molecular weight is 391 g/mol. The normalized spacial score (nSPS) is 9.96. The third-order valence-corrected chi connectivity index (χ3v) is 4.38. The molecule has 0 bridgehead atoms. The zero-order valence-corrected chi connectivity index (χ0v) is 17.5. The van der Waals surface area contributed by atoms with Crippen LogP contribution in [0.15, 0.2) is 36.4 Å². The topological polar surface area (TPSA) is 53.6 Å². The third-order valence-electron chi connectivity index (χ3n) is 4.38. The van der Waals surface area contributed by atoms with Gasteiger partial charge in [-0.05, 0) is 70.0 Å². The van der Waals surface area contributed by atoms with E-state index in [9.17, 15) is 4.79 Å². The van der Waals surface area contributed by atoms with Gasteiger partial charge in [-0.2, -0.15) is 0 Å². The molecule has 0 aromatic heterocycles. The van der Waals surface area contributed by atoms with E-state index in [1.807, 2.05) is 45.0 Å². The molecule has 0 unspecified atom stereocenters. The van der Waals surface area contributed by atoms with Crippen LogP contribution in [-0.4, -0.2) is 25.9 Å². The molecule has 2 aromatic carbocycles. The van der Waals surface area contributed by atoms with Gasteiger partial charge in [-0.1, -0.05) is 17.7 Å². The molecule has 0 atom stereocenters. The summed E-state index contributed by atoms with van der Waals surface area (Å²) in [6.45, 7) is 12.3. The van der Waals surface area contributed by atoms with Gasteiger partial charge in [0.15, 0.2) is 6.73 Å². The number of amides is 2. The summed E-state index contributed by atoms with van der Waals surface area (Å²) in [5.74, 6) is 0.774. The molecule has 0 fully saturated rings. The average Bonchev–Trinajstić information content (AvgIpc) is 2.60. The molecule has 0 saturated heterocycles. The Morgan fingerprint density at radius 3 is 2.30 bits per heavy atom. The Hall–Kier alpha value is -2.40. The van der Waals surface area contributed by atoms with E-state index in [0.717, 1.165) is 41.3 Å². The minimum absolute atomic E-state index is 0. The Kier molecular flexibility index (Phi) is 8.95. The fourth-order valence-corrected chi connectivity index (χ4v) is 2.88. The Morgan fingerprint density at radius 2 is 1.70 bits per heavy atom. The summed E-state index contributed by atoms with van der Waals surface area (Å²) in [4.78, 5) is 14.4. The van der Waals surface area contributed by atoms with Crippen molar-refractivity contribution in [2.45, 2.75) is 34.6 Å². The summed E-state index contributed by atoms with van der Waals surface area (Å²) in [6.07, 6.45) is 0. The zero-order valence-electron chi connectivity index (χ0n) is 16.7. The lowest BCUT2D eigenvalue weighted by molar-refractivity contribution is -0.00000950. The van der Waals surface area contributed by atoms with Gasteiger partial charge in [0, 0.05) is 24.5 Å². The highest BCUT2D eigenvalue weighted by Crippen LogP contribution is 2.22. The van der Waals surface area contributed by atoms with Gasteiger partial charge in [-0.25, -0.2) is 4.79 Å². The number of hydrogen-bond acceptors (Lipinski definition) is 3. The van der Waals surface area contributed by atoms with E-state index in [1.165, 1.54) is 5.56 Å². The van der Waals surface area contributed by atoms with Crippen molar-refractivity contribution in [3.63, 3.8) is 0 Å². The summed E-state index contributed by atoms with van der Waals surface area (Å²) < 4.78 is 5.63. The number of rotatable bonds is 7. The lowest BCUT2D eigenvalue weighted by Gasteiger charge is -2.22. The number of ether oxygens (including phenoxy) is 1. The quantitative estimate of drug-likeness (QED) is 0.706. The summed E-state index contributed by atoms with van der Waals surface area (Å²) >= 11 is 0. The van der Waals surface area contributed by atoms with Crippen LogP contribution in [0.5, 0.6) is 5.75 Å². The lowest BCUT2D eigenvalue weighted by Crippen LogP contribution is -3.00. The molecule has 0 aliphatic heterocycles. The standard InChI is InChI=1S/C21H29N3O2.ClH/c1-6-24(7-2)18-9-10-19(16(4)13-18)23-21(25)22-14-26-20-11-8-15(3)12-17(20)5;/h8-13H,6-7,14H2,1-5H3,(H2,22,23,25);1H/p-1. The van der Waals surface area contributed by atoms with Crippen molar-refractivity contribution in [3.8, 4) is 5.75 Å². The number of carbonyl (C=O) groups is 1. The van der Waals surface area contributed by atoms with Gasteiger partial charge in [0.25, 0.3) is 0 Å². The molecule has 0 heterocycles. The minimum Gasteiger partial charge on any atom is -1.00 e. The first kappa shape index (κ1) is 22.6. The van der Waals surface area contributed by atoms with Gasteiger partial charge in [0.05, 0.1) is 0 Å². The molecule has 0 saturated carbocycles. The summed E-state index contributed by atoms with van der Waals surface area (Å²) in [5.41, 5.74) is 5.22. The van der Waals surface area contributed by atoms with E-state index in [-0.39, 0.29) is 25.2 Å². The first-order valence-corrected chi connectivity index (χ1v) is 9.05. The van der Waals surface area contributed by atoms with Gasteiger partial charge in [0.2, 0.25) is 0 Å². The predicted octanol–water partition coefficient (Wildman–Crippen LogP) is 1.62. The van der Waals surface area contributed by atoms with E-state index in [2.05, 4.69) is 41.5 Å². The fraction of sp³-hybridized carbons (Fsp3) is 0.381. The van der Waals surface area contributed by atoms with Crippen molar-refractivity contribution >= 4 is 17.4 Å². The Balaban J connectivity index is 0.00000364. The number of hydrogen-bond donors (Lipinski definition) is 2. The second kappa shape index (κ2) is 10.7. The monoisotopic (exact) mass is 390 g/mol. The molecule has 2 amide bonds. The Morgan fingerprint density at radius 1 is 1.00 bits per heavy atom. The van der Waals surface area contributed by atoms with Crippen LogP contribution in [0.25, 0.3) is 0 Å². The van der Waals surface area contributed by atoms with Crippen LogP contribution >= 0.6 is 0 Å². The molecule has 0 radical (unpaired) electrons. The summed E-state index contributed by atoms with van der Waals surface area (Å²) in [6, 6.07) is 11.7. The van der Waals surface area contributed by atoms with Crippen LogP contribution in [0.1, 0.15) is 30.5 Å². The predicted molar refractivity (Wildman–Crippen MR) is 108 cm³/mol. The molecule has 6 heteroatoms. The lowest BCUT2D eigenvalue weighted by atomic mass is 10.1. The van der Waals surface area contributed by atoms with Crippen molar-refractivity contribution in [3.05, 3.63) is 53.1 Å². The molecule has 5 nitrogen and oxygen atoms in total. The smallest absolute Gasteiger partial charge is 0.321 e.